The van der Waals surface area contributed by atoms with Gasteiger partial charge < -0.3 is 5.11 Å². The Labute approximate surface area is 66.7 Å². The number of para-hydroxylation sites is 1. The second-order valence-electron chi connectivity index (χ2n) is 2.24. The molecule has 0 amide bonds. The fraction of sp³-hybridized carbons (Fsp3) is 0.222. The van der Waals surface area contributed by atoms with Crippen molar-refractivity contribution in [2.24, 2.45) is 0 Å². The summed E-state index contributed by atoms with van der Waals surface area (Å²) in [5, 5.41) is 15.7. The van der Waals surface area contributed by atoms with E-state index in [0.29, 0.717) is 5.75 Å². The topological polar surface area (TPSA) is 44.0 Å². The zero-order valence-corrected chi connectivity index (χ0v) is 6.70. The summed E-state index contributed by atoms with van der Waals surface area (Å²) in [6.45, 7) is 7.28. The Balaban J connectivity index is 0.000000461. The fourth-order valence-electron chi connectivity index (χ4n) is 0.806. The van der Waals surface area contributed by atoms with E-state index in [1.165, 1.54) is 0 Å². The van der Waals surface area contributed by atoms with Gasteiger partial charge >= 0.3 is 0 Å². The maximum atomic E-state index is 9.21. The van der Waals surface area contributed by atoms with Crippen molar-refractivity contribution in [1.82, 2.24) is 0 Å². The summed E-state index contributed by atoms with van der Waals surface area (Å²) in [5.74, 6) is 0.414. The minimum atomic E-state index is 0.414. The lowest BCUT2D eigenvalue weighted by molar-refractivity contribution is 0.467. The summed E-state index contributed by atoms with van der Waals surface area (Å²) in [7, 11) is 0. The molecule has 1 rings (SSSR count). The zero-order valence-electron chi connectivity index (χ0n) is 6.70. The largest absolute Gasteiger partial charge is 0.507 e. The van der Waals surface area contributed by atoms with Crippen molar-refractivity contribution in [3.8, 4) is 12.3 Å². The predicted molar refractivity (Wildman–Crippen MR) is 44.3 cm³/mol. The van der Waals surface area contributed by atoms with E-state index < -0.39 is 0 Å². The first-order chi connectivity index (χ1) is 5.22. The van der Waals surface area contributed by atoms with Gasteiger partial charge in [0.25, 0.3) is 0 Å². The first-order valence-corrected chi connectivity index (χ1v) is 3.23. The van der Waals surface area contributed by atoms with Crippen LogP contribution in [-0.2, 0) is 0 Å². The summed E-state index contributed by atoms with van der Waals surface area (Å²) in [6, 6.07) is 5.72. The molecule has 0 atom stereocenters. The lowest BCUT2D eigenvalue weighted by atomic mass is 10.1. The number of nitriles is 1. The minimum absolute atomic E-state index is 0.414. The number of aromatic hydroxyl groups is 1. The summed E-state index contributed by atoms with van der Waals surface area (Å²) >= 11 is 0. The fourth-order valence-corrected chi connectivity index (χ4v) is 0.806. The Bertz CT molecular complexity index is 233. The van der Waals surface area contributed by atoms with Crippen LogP contribution in [0.1, 0.15) is 11.1 Å². The average Bonchev–Trinajstić information content (AvgIpc) is 2.04. The smallest absolute Gasteiger partial charge is 0.121 e. The van der Waals surface area contributed by atoms with Crippen LogP contribution in [0.5, 0.6) is 5.75 Å². The number of hydrogen-bond donors (Lipinski definition) is 1. The monoisotopic (exact) mass is 149 g/mol. The van der Waals surface area contributed by atoms with Gasteiger partial charge in [-0.05, 0) is 25.0 Å². The first kappa shape index (κ1) is 9.51. The van der Waals surface area contributed by atoms with Crippen molar-refractivity contribution in [3.05, 3.63) is 29.3 Å². The summed E-state index contributed by atoms with van der Waals surface area (Å²) in [6.07, 6.45) is 0. The van der Waals surface area contributed by atoms with Gasteiger partial charge in [-0.25, -0.2) is 5.26 Å². The lowest BCUT2D eigenvalue weighted by Crippen LogP contribution is -1.76. The molecule has 11 heavy (non-hydrogen) atoms. The molecule has 58 valence electrons. The van der Waals surface area contributed by atoms with E-state index in [1.54, 1.807) is 0 Å². The third-order valence-electron chi connectivity index (χ3n) is 1.44. The molecule has 0 aliphatic carbocycles. The van der Waals surface area contributed by atoms with Crippen LogP contribution in [-0.4, -0.2) is 5.11 Å². The Morgan fingerprint density at radius 1 is 1.18 bits per heavy atom. The Hall–Kier alpha value is -1.49. The van der Waals surface area contributed by atoms with Gasteiger partial charge in [0, 0.05) is 6.57 Å². The van der Waals surface area contributed by atoms with E-state index in [4.69, 9.17) is 5.26 Å². The van der Waals surface area contributed by atoms with E-state index in [1.807, 2.05) is 32.0 Å². The van der Waals surface area contributed by atoms with Crippen LogP contribution in [0.15, 0.2) is 18.2 Å². The van der Waals surface area contributed by atoms with Crippen molar-refractivity contribution in [3.63, 3.8) is 0 Å². The highest BCUT2D eigenvalue weighted by Gasteiger charge is 1.95. The van der Waals surface area contributed by atoms with Gasteiger partial charge in [-0.2, -0.15) is 0 Å². The molecule has 0 heterocycles. The highest BCUT2D eigenvalue weighted by molar-refractivity contribution is 5.37. The van der Waals surface area contributed by atoms with Crippen molar-refractivity contribution in [1.29, 1.82) is 5.26 Å². The van der Waals surface area contributed by atoms with Crippen molar-refractivity contribution in [2.45, 2.75) is 13.8 Å². The second kappa shape index (κ2) is 4.35. The molecular formula is C9H11NO. The number of nitrogens with zero attached hydrogens (tertiary/aromatic N) is 1. The molecule has 2 nitrogen and oxygen atoms in total. The Morgan fingerprint density at radius 2 is 1.55 bits per heavy atom. The molecule has 1 aromatic rings. The molecule has 0 saturated carbocycles. The SMILES string of the molecule is C#N.Cc1cccc(C)c1O. The maximum absolute atomic E-state index is 9.21. The van der Waals surface area contributed by atoms with E-state index in [-0.39, 0.29) is 0 Å². The van der Waals surface area contributed by atoms with Crippen LogP contribution in [0.25, 0.3) is 0 Å². The van der Waals surface area contributed by atoms with E-state index in [9.17, 15) is 5.11 Å². The van der Waals surface area contributed by atoms with Gasteiger partial charge in [0.1, 0.15) is 5.75 Å². The second-order valence-corrected chi connectivity index (χ2v) is 2.24. The van der Waals surface area contributed by atoms with Crippen molar-refractivity contribution in [2.75, 3.05) is 0 Å². The summed E-state index contributed by atoms with van der Waals surface area (Å²) in [4.78, 5) is 0. The average molecular weight is 149 g/mol. The van der Waals surface area contributed by atoms with Gasteiger partial charge in [0.2, 0.25) is 0 Å². The summed E-state index contributed by atoms with van der Waals surface area (Å²) < 4.78 is 0. The van der Waals surface area contributed by atoms with Crippen LogP contribution in [0, 0.1) is 25.7 Å². The molecule has 0 aliphatic heterocycles. The van der Waals surface area contributed by atoms with Gasteiger partial charge in [0.15, 0.2) is 0 Å². The highest BCUT2D eigenvalue weighted by atomic mass is 16.3. The van der Waals surface area contributed by atoms with Crippen LogP contribution in [0.3, 0.4) is 0 Å². The number of benzene rings is 1. The summed E-state index contributed by atoms with van der Waals surface area (Å²) in [5.41, 5.74) is 1.88. The zero-order chi connectivity index (χ0) is 8.85. The molecular weight excluding hydrogens is 138 g/mol. The van der Waals surface area contributed by atoms with Crippen molar-refractivity contribution < 1.29 is 5.11 Å². The van der Waals surface area contributed by atoms with Gasteiger partial charge in [0.05, 0.1) is 0 Å². The number of rotatable bonds is 0. The molecule has 2 heteroatoms. The molecule has 0 saturated heterocycles. The third-order valence-corrected chi connectivity index (χ3v) is 1.44. The van der Waals surface area contributed by atoms with E-state index in [2.05, 4.69) is 6.57 Å². The quantitative estimate of drug-likeness (QED) is 0.614. The van der Waals surface area contributed by atoms with E-state index >= 15 is 0 Å². The van der Waals surface area contributed by atoms with Crippen molar-refractivity contribution >= 4 is 0 Å². The van der Waals surface area contributed by atoms with Crippen LogP contribution < -0.4 is 0 Å². The van der Waals surface area contributed by atoms with Crippen LogP contribution in [0.2, 0.25) is 0 Å². The Morgan fingerprint density at radius 3 is 1.82 bits per heavy atom. The first-order valence-electron chi connectivity index (χ1n) is 3.23. The van der Waals surface area contributed by atoms with Gasteiger partial charge in [-0.3, -0.25) is 0 Å². The van der Waals surface area contributed by atoms with Gasteiger partial charge in [-0.1, -0.05) is 18.2 Å². The molecule has 1 N–H and O–H groups in total. The van der Waals surface area contributed by atoms with Gasteiger partial charge in [-0.15, -0.1) is 0 Å². The third kappa shape index (κ3) is 2.30. The number of phenolic OH excluding ortho intramolecular Hbond substituents is 1. The normalized spacial score (nSPS) is 8.00. The lowest BCUT2D eigenvalue weighted by Gasteiger charge is -1.99. The molecule has 0 aromatic heterocycles. The molecule has 1 aromatic carbocycles. The molecule has 0 bridgehead atoms. The molecule has 0 spiro atoms. The predicted octanol–water partition coefficient (Wildman–Crippen LogP) is 2.15. The maximum Gasteiger partial charge on any atom is 0.121 e. The molecule has 0 fully saturated rings. The Kier molecular flexibility index (Phi) is 3.76. The van der Waals surface area contributed by atoms with E-state index in [0.717, 1.165) is 11.1 Å². The minimum Gasteiger partial charge on any atom is -0.507 e. The number of aryl methyl sites for hydroxylation is 2. The van der Waals surface area contributed by atoms with Crippen LogP contribution >= 0.6 is 0 Å². The standard InChI is InChI=1S/C8H10O.CHN/c1-6-4-3-5-7(2)8(6)9;1-2/h3-5,9H,1-2H3;1H. The molecule has 0 radical (unpaired) electrons. The highest BCUT2D eigenvalue weighted by Crippen LogP contribution is 2.19. The number of hydrogen-bond acceptors (Lipinski definition) is 2. The number of phenols is 1. The van der Waals surface area contributed by atoms with Crippen LogP contribution in [0.4, 0.5) is 0 Å². The molecule has 0 unspecified atom stereocenters. The molecule has 0 aliphatic rings.